The van der Waals surface area contributed by atoms with Crippen molar-refractivity contribution in [3.05, 3.63) is 29.8 Å². The average molecular weight is 317 g/mol. The lowest BCUT2D eigenvalue weighted by Gasteiger charge is -2.22. The van der Waals surface area contributed by atoms with Crippen molar-refractivity contribution >= 4 is 35.8 Å². The van der Waals surface area contributed by atoms with Gasteiger partial charge in [-0.3, -0.25) is 4.79 Å². The SMILES string of the molecule is CSCCc1ccc(NC(=O)C2COCCN2)cc1.Cl. The van der Waals surface area contributed by atoms with Crippen LogP contribution in [0.5, 0.6) is 0 Å². The molecular formula is C14H21ClN2O2S. The molecule has 4 nitrogen and oxygen atoms in total. The number of hydrogen-bond acceptors (Lipinski definition) is 4. The molecule has 1 unspecified atom stereocenters. The summed E-state index contributed by atoms with van der Waals surface area (Å²) in [4.78, 5) is 12.0. The monoisotopic (exact) mass is 316 g/mol. The number of amides is 1. The molecule has 1 atom stereocenters. The number of benzene rings is 1. The lowest BCUT2D eigenvalue weighted by atomic mass is 10.1. The largest absolute Gasteiger partial charge is 0.378 e. The maximum Gasteiger partial charge on any atom is 0.243 e. The van der Waals surface area contributed by atoms with Crippen molar-refractivity contribution in [1.29, 1.82) is 0 Å². The highest BCUT2D eigenvalue weighted by Gasteiger charge is 2.20. The smallest absolute Gasteiger partial charge is 0.243 e. The summed E-state index contributed by atoms with van der Waals surface area (Å²) < 4.78 is 5.28. The molecule has 1 aliphatic heterocycles. The van der Waals surface area contributed by atoms with Crippen LogP contribution >= 0.6 is 24.2 Å². The van der Waals surface area contributed by atoms with Gasteiger partial charge in [-0.25, -0.2) is 0 Å². The third kappa shape index (κ3) is 5.32. The van der Waals surface area contributed by atoms with E-state index >= 15 is 0 Å². The molecule has 0 radical (unpaired) electrons. The highest BCUT2D eigenvalue weighted by atomic mass is 35.5. The number of thioether (sulfide) groups is 1. The Morgan fingerprint density at radius 3 is 2.80 bits per heavy atom. The minimum Gasteiger partial charge on any atom is -0.378 e. The number of ether oxygens (including phenoxy) is 1. The molecule has 2 rings (SSSR count). The van der Waals surface area contributed by atoms with Gasteiger partial charge in [-0.15, -0.1) is 12.4 Å². The van der Waals surface area contributed by atoms with E-state index in [-0.39, 0.29) is 24.4 Å². The van der Waals surface area contributed by atoms with Crippen molar-refractivity contribution in [2.75, 3.05) is 37.1 Å². The number of aryl methyl sites for hydroxylation is 1. The van der Waals surface area contributed by atoms with Crippen LogP contribution in [0.4, 0.5) is 5.69 Å². The number of nitrogens with one attached hydrogen (secondary N) is 2. The molecule has 0 spiro atoms. The average Bonchev–Trinajstić information content (AvgIpc) is 2.47. The van der Waals surface area contributed by atoms with Crippen LogP contribution < -0.4 is 10.6 Å². The van der Waals surface area contributed by atoms with Crippen LogP contribution in [-0.4, -0.2) is 43.7 Å². The topological polar surface area (TPSA) is 50.4 Å². The van der Waals surface area contributed by atoms with E-state index in [9.17, 15) is 4.79 Å². The van der Waals surface area contributed by atoms with Crippen molar-refractivity contribution in [2.24, 2.45) is 0 Å². The summed E-state index contributed by atoms with van der Waals surface area (Å²) in [5.41, 5.74) is 2.14. The van der Waals surface area contributed by atoms with E-state index in [1.165, 1.54) is 5.56 Å². The van der Waals surface area contributed by atoms with Crippen LogP contribution in [0.3, 0.4) is 0 Å². The Bertz CT molecular complexity index is 408. The predicted octanol–water partition coefficient (Wildman–Crippen LogP) is 1.94. The second-order valence-corrected chi connectivity index (χ2v) is 5.50. The van der Waals surface area contributed by atoms with Gasteiger partial charge in [-0.1, -0.05) is 12.1 Å². The number of hydrogen-bond donors (Lipinski definition) is 2. The maximum absolute atomic E-state index is 12.0. The number of morpholine rings is 1. The Hall–Kier alpha value is -0.750. The molecule has 0 aromatic heterocycles. The molecule has 1 aromatic carbocycles. The first-order valence-corrected chi connectivity index (χ1v) is 7.89. The van der Waals surface area contributed by atoms with Crippen LogP contribution in [-0.2, 0) is 16.0 Å². The van der Waals surface area contributed by atoms with E-state index in [2.05, 4.69) is 29.0 Å². The predicted molar refractivity (Wildman–Crippen MR) is 87.0 cm³/mol. The Kier molecular flexibility index (Phi) is 7.99. The lowest BCUT2D eigenvalue weighted by molar-refractivity contribution is -0.120. The van der Waals surface area contributed by atoms with Crippen LogP contribution in [0.1, 0.15) is 5.56 Å². The standard InChI is InChI=1S/C14H20N2O2S.ClH/c1-19-9-6-11-2-4-12(5-3-11)16-14(17)13-10-18-8-7-15-13;/h2-5,13,15H,6-10H2,1H3,(H,16,17);1H. The van der Waals surface area contributed by atoms with Gasteiger partial charge in [0.15, 0.2) is 0 Å². The molecule has 0 aliphatic carbocycles. The molecule has 1 aromatic rings. The molecule has 1 heterocycles. The van der Waals surface area contributed by atoms with E-state index in [0.29, 0.717) is 13.2 Å². The van der Waals surface area contributed by atoms with Crippen LogP contribution in [0, 0.1) is 0 Å². The van der Waals surface area contributed by atoms with Crippen LogP contribution in [0.15, 0.2) is 24.3 Å². The first-order valence-electron chi connectivity index (χ1n) is 6.49. The molecule has 1 aliphatic rings. The van der Waals surface area contributed by atoms with E-state index < -0.39 is 0 Å². The molecule has 20 heavy (non-hydrogen) atoms. The van der Waals surface area contributed by atoms with Crippen molar-refractivity contribution in [3.8, 4) is 0 Å². The van der Waals surface area contributed by atoms with E-state index in [1.807, 2.05) is 23.9 Å². The fourth-order valence-corrected chi connectivity index (χ4v) is 2.38. The van der Waals surface area contributed by atoms with Gasteiger partial charge in [0.2, 0.25) is 5.91 Å². The molecular weight excluding hydrogens is 296 g/mol. The highest BCUT2D eigenvalue weighted by Crippen LogP contribution is 2.12. The zero-order valence-corrected chi connectivity index (χ0v) is 13.2. The molecule has 6 heteroatoms. The highest BCUT2D eigenvalue weighted by molar-refractivity contribution is 7.98. The Morgan fingerprint density at radius 2 is 2.20 bits per heavy atom. The number of halogens is 1. The zero-order valence-electron chi connectivity index (χ0n) is 11.6. The lowest BCUT2D eigenvalue weighted by Crippen LogP contribution is -2.48. The second kappa shape index (κ2) is 9.23. The third-order valence-electron chi connectivity index (χ3n) is 3.05. The zero-order chi connectivity index (χ0) is 13.5. The summed E-state index contributed by atoms with van der Waals surface area (Å²) in [6.45, 7) is 1.84. The van der Waals surface area contributed by atoms with Crippen molar-refractivity contribution in [1.82, 2.24) is 5.32 Å². The summed E-state index contributed by atoms with van der Waals surface area (Å²) in [5.74, 6) is 1.09. The molecule has 1 amide bonds. The summed E-state index contributed by atoms with van der Waals surface area (Å²) in [5, 5.41) is 6.05. The first kappa shape index (κ1) is 17.3. The maximum atomic E-state index is 12.0. The minimum absolute atomic E-state index is 0. The summed E-state index contributed by atoms with van der Waals surface area (Å²) in [7, 11) is 0. The third-order valence-corrected chi connectivity index (χ3v) is 3.67. The van der Waals surface area contributed by atoms with Gasteiger partial charge >= 0.3 is 0 Å². The van der Waals surface area contributed by atoms with Crippen molar-refractivity contribution < 1.29 is 9.53 Å². The molecule has 0 bridgehead atoms. The normalized spacial score (nSPS) is 18.1. The molecule has 1 saturated heterocycles. The van der Waals surface area contributed by atoms with Gasteiger partial charge in [0.1, 0.15) is 6.04 Å². The molecule has 2 N–H and O–H groups in total. The van der Waals surface area contributed by atoms with Gasteiger partial charge in [0.05, 0.1) is 13.2 Å². The molecule has 1 fully saturated rings. The Morgan fingerprint density at radius 1 is 1.45 bits per heavy atom. The number of anilines is 1. The minimum atomic E-state index is -0.245. The van der Waals surface area contributed by atoms with Crippen molar-refractivity contribution in [2.45, 2.75) is 12.5 Å². The van der Waals surface area contributed by atoms with E-state index in [0.717, 1.165) is 24.4 Å². The van der Waals surface area contributed by atoms with E-state index in [4.69, 9.17) is 4.74 Å². The van der Waals surface area contributed by atoms with Crippen molar-refractivity contribution in [3.63, 3.8) is 0 Å². The van der Waals surface area contributed by atoms with Gasteiger partial charge in [-0.05, 0) is 36.1 Å². The quantitative estimate of drug-likeness (QED) is 0.871. The summed E-state index contributed by atoms with van der Waals surface area (Å²) in [6.07, 6.45) is 3.17. The summed E-state index contributed by atoms with van der Waals surface area (Å²) in [6, 6.07) is 7.80. The fourth-order valence-electron chi connectivity index (χ4n) is 1.94. The Labute approximate surface area is 130 Å². The van der Waals surface area contributed by atoms with Gasteiger partial charge < -0.3 is 15.4 Å². The number of carbonyl (C=O) groups excluding carboxylic acids is 1. The van der Waals surface area contributed by atoms with Crippen LogP contribution in [0.2, 0.25) is 0 Å². The van der Waals surface area contributed by atoms with Gasteiger partial charge in [0.25, 0.3) is 0 Å². The fraction of sp³-hybridized carbons (Fsp3) is 0.500. The van der Waals surface area contributed by atoms with E-state index in [1.54, 1.807) is 0 Å². The molecule has 0 saturated carbocycles. The Balaban J connectivity index is 0.00000200. The second-order valence-electron chi connectivity index (χ2n) is 4.51. The van der Waals surface area contributed by atoms with Gasteiger partial charge in [-0.2, -0.15) is 11.8 Å². The number of carbonyl (C=O) groups is 1. The first-order chi connectivity index (χ1) is 9.29. The van der Waals surface area contributed by atoms with Gasteiger partial charge in [0, 0.05) is 12.2 Å². The number of rotatable bonds is 5. The molecule has 112 valence electrons. The summed E-state index contributed by atoms with van der Waals surface area (Å²) >= 11 is 1.84. The van der Waals surface area contributed by atoms with Crippen LogP contribution in [0.25, 0.3) is 0 Å².